The summed E-state index contributed by atoms with van der Waals surface area (Å²) in [5.74, 6) is 3.42. The number of pyridine rings is 1. The highest BCUT2D eigenvalue weighted by Crippen LogP contribution is 2.60. The Bertz CT molecular complexity index is 1020. The van der Waals surface area contributed by atoms with Crippen molar-refractivity contribution < 1.29 is 4.79 Å². The van der Waals surface area contributed by atoms with Crippen molar-refractivity contribution in [3.8, 4) is 5.82 Å². The van der Waals surface area contributed by atoms with Crippen molar-refractivity contribution in [1.82, 2.24) is 14.5 Å². The van der Waals surface area contributed by atoms with E-state index in [9.17, 15) is 4.79 Å². The third-order valence-corrected chi connectivity index (χ3v) is 7.57. The molecule has 4 fully saturated rings. The molecule has 5 nitrogen and oxygen atoms in total. The van der Waals surface area contributed by atoms with E-state index in [1.807, 2.05) is 16.8 Å². The van der Waals surface area contributed by atoms with Crippen LogP contribution in [0.2, 0.25) is 0 Å². The smallest absolute Gasteiger partial charge is 0.257 e. The minimum Gasteiger partial charge on any atom is -0.322 e. The fourth-order valence-electron chi connectivity index (χ4n) is 6.64. The number of hydrogen-bond acceptors (Lipinski definition) is 3. The Balaban J connectivity index is 1.16. The van der Waals surface area contributed by atoms with E-state index >= 15 is 0 Å². The van der Waals surface area contributed by atoms with E-state index in [-0.39, 0.29) is 5.91 Å². The van der Waals surface area contributed by atoms with Gasteiger partial charge in [-0.3, -0.25) is 9.36 Å². The van der Waals surface area contributed by atoms with Gasteiger partial charge in [-0.05, 0) is 91.5 Å². The molecule has 0 atom stereocenters. The largest absolute Gasteiger partial charge is 0.322 e. The summed E-state index contributed by atoms with van der Waals surface area (Å²) in [7, 11) is 0. The van der Waals surface area contributed by atoms with Crippen LogP contribution in [0.5, 0.6) is 0 Å². The minimum absolute atomic E-state index is 0.137. The van der Waals surface area contributed by atoms with Crippen LogP contribution < -0.4 is 5.32 Å². The molecule has 2 heterocycles. The number of carbonyl (C=O) groups excluding carboxylic acids is 1. The molecule has 1 amide bonds. The number of benzene rings is 1. The van der Waals surface area contributed by atoms with Crippen molar-refractivity contribution in [3.63, 3.8) is 0 Å². The molecule has 0 saturated heterocycles. The van der Waals surface area contributed by atoms with Gasteiger partial charge in [0.25, 0.3) is 5.91 Å². The van der Waals surface area contributed by atoms with Crippen molar-refractivity contribution in [1.29, 1.82) is 0 Å². The SMILES string of the molecule is O=C(Nc1ccc(C23CC4CC(CC(C4)C2)C3)cc1)c1ccc(-n2ccnc2)nc1. The van der Waals surface area contributed by atoms with E-state index in [1.165, 1.54) is 44.1 Å². The van der Waals surface area contributed by atoms with E-state index in [1.54, 1.807) is 24.8 Å². The molecule has 0 unspecified atom stereocenters. The third-order valence-electron chi connectivity index (χ3n) is 7.57. The van der Waals surface area contributed by atoms with Gasteiger partial charge in [0.05, 0.1) is 5.56 Å². The second-order valence-electron chi connectivity index (χ2n) is 9.60. The van der Waals surface area contributed by atoms with E-state index < -0.39 is 0 Å². The summed E-state index contributed by atoms with van der Waals surface area (Å²) >= 11 is 0. The molecule has 3 aromatic rings. The molecule has 0 radical (unpaired) electrons. The second kappa shape index (κ2) is 6.79. The first-order valence-corrected chi connectivity index (χ1v) is 11.0. The molecule has 4 aliphatic carbocycles. The molecule has 0 aliphatic heterocycles. The predicted molar refractivity (Wildman–Crippen MR) is 116 cm³/mol. The normalized spacial score (nSPS) is 29.1. The minimum atomic E-state index is -0.137. The van der Waals surface area contributed by atoms with E-state index in [0.717, 1.165) is 29.3 Å². The van der Waals surface area contributed by atoms with E-state index in [2.05, 4.69) is 39.6 Å². The maximum atomic E-state index is 12.6. The van der Waals surface area contributed by atoms with E-state index in [4.69, 9.17) is 0 Å². The Morgan fingerprint density at radius 2 is 1.67 bits per heavy atom. The van der Waals surface area contributed by atoms with Crippen LogP contribution >= 0.6 is 0 Å². The van der Waals surface area contributed by atoms with Crippen LogP contribution in [0.3, 0.4) is 0 Å². The Labute approximate surface area is 176 Å². The molecule has 4 saturated carbocycles. The average Bonchev–Trinajstić information content (AvgIpc) is 3.28. The number of hydrogen-bond donors (Lipinski definition) is 1. The maximum absolute atomic E-state index is 12.6. The van der Waals surface area contributed by atoms with Crippen LogP contribution in [0.15, 0.2) is 61.3 Å². The van der Waals surface area contributed by atoms with Crippen LogP contribution in [-0.4, -0.2) is 20.4 Å². The Morgan fingerprint density at radius 3 is 2.23 bits per heavy atom. The van der Waals surface area contributed by atoms with E-state index in [0.29, 0.717) is 11.0 Å². The molecule has 4 aliphatic rings. The zero-order chi connectivity index (χ0) is 20.1. The topological polar surface area (TPSA) is 59.8 Å². The van der Waals surface area contributed by atoms with Gasteiger partial charge in [0, 0.05) is 24.3 Å². The van der Waals surface area contributed by atoms with Crippen LogP contribution in [0.4, 0.5) is 5.69 Å². The summed E-state index contributed by atoms with van der Waals surface area (Å²) in [6.07, 6.45) is 15.3. The summed E-state index contributed by atoms with van der Waals surface area (Å²) in [6.45, 7) is 0. The van der Waals surface area contributed by atoms with Crippen LogP contribution in [0.1, 0.15) is 54.4 Å². The Kier molecular flexibility index (Phi) is 4.05. The number of amides is 1. The van der Waals surface area contributed by atoms with Gasteiger partial charge >= 0.3 is 0 Å². The highest BCUT2D eigenvalue weighted by Gasteiger charge is 2.51. The van der Waals surface area contributed by atoms with Crippen molar-refractivity contribution in [2.75, 3.05) is 5.32 Å². The lowest BCUT2D eigenvalue weighted by molar-refractivity contribution is -0.00518. The molecule has 4 bridgehead atoms. The molecule has 7 rings (SSSR count). The van der Waals surface area contributed by atoms with Gasteiger partial charge < -0.3 is 5.32 Å². The number of nitrogens with zero attached hydrogens (tertiary/aromatic N) is 3. The van der Waals surface area contributed by atoms with Gasteiger partial charge in [0.15, 0.2) is 0 Å². The first-order valence-electron chi connectivity index (χ1n) is 11.0. The summed E-state index contributed by atoms with van der Waals surface area (Å²) in [4.78, 5) is 21.0. The zero-order valence-electron chi connectivity index (χ0n) is 17.0. The molecule has 2 aromatic heterocycles. The standard InChI is InChI=1S/C25H26N4O/c30-24(20-1-6-23(27-15-20)29-8-7-26-16-29)28-22-4-2-21(3-5-22)25-12-17-9-18(13-25)11-19(10-17)14-25/h1-8,15-19H,9-14H2,(H,28,30). The first kappa shape index (κ1) is 17.9. The van der Waals surface area contributed by atoms with Crippen molar-refractivity contribution in [3.05, 3.63) is 72.4 Å². The highest BCUT2D eigenvalue weighted by atomic mass is 16.1. The van der Waals surface area contributed by atoms with Gasteiger partial charge in [0.1, 0.15) is 12.1 Å². The molecule has 5 heteroatoms. The molecular formula is C25H26N4O. The molecule has 0 spiro atoms. The highest BCUT2D eigenvalue weighted by molar-refractivity contribution is 6.04. The number of imidazole rings is 1. The quantitative estimate of drug-likeness (QED) is 0.674. The molecule has 30 heavy (non-hydrogen) atoms. The van der Waals surface area contributed by atoms with Gasteiger partial charge in [-0.25, -0.2) is 9.97 Å². The third kappa shape index (κ3) is 3.04. The predicted octanol–water partition coefficient (Wildman–Crippen LogP) is 4.99. The maximum Gasteiger partial charge on any atom is 0.257 e. The zero-order valence-corrected chi connectivity index (χ0v) is 17.0. The fourth-order valence-corrected chi connectivity index (χ4v) is 6.64. The molecular weight excluding hydrogens is 372 g/mol. The van der Waals surface area contributed by atoms with Crippen molar-refractivity contribution >= 4 is 11.6 Å². The number of aromatic nitrogens is 3. The summed E-state index contributed by atoms with van der Waals surface area (Å²) in [5.41, 5.74) is 3.26. The monoisotopic (exact) mass is 398 g/mol. The molecule has 152 valence electrons. The Hall–Kier alpha value is -2.95. The van der Waals surface area contributed by atoms with Crippen molar-refractivity contribution in [2.24, 2.45) is 17.8 Å². The molecule has 1 N–H and O–H groups in total. The van der Waals surface area contributed by atoms with Crippen LogP contribution in [0, 0.1) is 17.8 Å². The number of anilines is 1. The number of carbonyl (C=O) groups is 1. The lowest BCUT2D eigenvalue weighted by Crippen LogP contribution is -2.48. The summed E-state index contributed by atoms with van der Waals surface area (Å²) < 4.78 is 1.81. The lowest BCUT2D eigenvalue weighted by Gasteiger charge is -2.57. The summed E-state index contributed by atoms with van der Waals surface area (Å²) in [5, 5.41) is 3.02. The molecule has 1 aromatic carbocycles. The second-order valence-corrected chi connectivity index (χ2v) is 9.60. The van der Waals surface area contributed by atoms with Gasteiger partial charge in [-0.1, -0.05) is 12.1 Å². The first-order chi connectivity index (χ1) is 14.7. The average molecular weight is 399 g/mol. The number of nitrogens with one attached hydrogen (secondary N) is 1. The summed E-state index contributed by atoms with van der Waals surface area (Å²) in [6, 6.07) is 12.3. The van der Waals surface area contributed by atoms with Crippen LogP contribution in [-0.2, 0) is 5.41 Å². The van der Waals surface area contributed by atoms with Crippen LogP contribution in [0.25, 0.3) is 5.82 Å². The van der Waals surface area contributed by atoms with Gasteiger partial charge in [0.2, 0.25) is 0 Å². The van der Waals surface area contributed by atoms with Gasteiger partial charge in [-0.15, -0.1) is 0 Å². The van der Waals surface area contributed by atoms with Gasteiger partial charge in [-0.2, -0.15) is 0 Å². The van der Waals surface area contributed by atoms with Crippen molar-refractivity contribution in [2.45, 2.75) is 43.9 Å². The fraction of sp³-hybridized carbons (Fsp3) is 0.400. The lowest BCUT2D eigenvalue weighted by atomic mass is 9.48. The Morgan fingerprint density at radius 1 is 0.967 bits per heavy atom. The number of rotatable bonds is 4.